The Bertz CT molecular complexity index is 174. The average Bonchev–Trinajstić information content (AvgIpc) is 2.29. The lowest BCUT2D eigenvalue weighted by Gasteiger charge is -2.29. The van der Waals surface area contributed by atoms with Crippen molar-refractivity contribution in [2.75, 3.05) is 13.2 Å². The number of rotatable bonds is 6. The van der Waals surface area contributed by atoms with Gasteiger partial charge < -0.3 is 10.1 Å². The van der Waals surface area contributed by atoms with E-state index in [2.05, 4.69) is 33.0 Å². The van der Waals surface area contributed by atoms with Gasteiger partial charge in [-0.2, -0.15) is 0 Å². The topological polar surface area (TPSA) is 21.3 Å². The monoisotopic (exact) mass is 227 g/mol. The van der Waals surface area contributed by atoms with E-state index in [0.717, 1.165) is 25.0 Å². The van der Waals surface area contributed by atoms with Crippen molar-refractivity contribution in [3.63, 3.8) is 0 Å². The molecule has 2 heteroatoms. The Kier molecular flexibility index (Phi) is 6.37. The molecule has 16 heavy (non-hydrogen) atoms. The molecular formula is C14H29NO. The molecule has 0 spiro atoms. The van der Waals surface area contributed by atoms with Gasteiger partial charge in [0.05, 0.1) is 0 Å². The minimum atomic E-state index is 0.639. The van der Waals surface area contributed by atoms with Gasteiger partial charge in [0.2, 0.25) is 0 Å². The van der Waals surface area contributed by atoms with E-state index in [1.165, 1.54) is 25.7 Å². The Morgan fingerprint density at radius 2 is 1.81 bits per heavy atom. The molecule has 3 atom stereocenters. The van der Waals surface area contributed by atoms with Gasteiger partial charge in [0.1, 0.15) is 0 Å². The van der Waals surface area contributed by atoms with Crippen LogP contribution in [0, 0.1) is 11.8 Å². The molecule has 0 aromatic heterocycles. The van der Waals surface area contributed by atoms with Gasteiger partial charge in [-0.25, -0.2) is 0 Å². The molecule has 0 saturated carbocycles. The highest BCUT2D eigenvalue weighted by molar-refractivity contribution is 4.75. The first-order valence-corrected chi connectivity index (χ1v) is 6.97. The summed E-state index contributed by atoms with van der Waals surface area (Å²) in [6.07, 6.45) is 5.08. The van der Waals surface area contributed by atoms with E-state index in [1.54, 1.807) is 0 Å². The van der Waals surface area contributed by atoms with E-state index in [1.807, 2.05) is 0 Å². The van der Waals surface area contributed by atoms with Gasteiger partial charge in [-0.3, -0.25) is 0 Å². The summed E-state index contributed by atoms with van der Waals surface area (Å²) in [6, 6.07) is 1.28. The maximum atomic E-state index is 5.40. The van der Waals surface area contributed by atoms with Gasteiger partial charge in [-0.1, -0.05) is 20.3 Å². The summed E-state index contributed by atoms with van der Waals surface area (Å²) in [5, 5.41) is 3.74. The fourth-order valence-corrected chi connectivity index (χ4v) is 2.52. The van der Waals surface area contributed by atoms with Gasteiger partial charge in [0.15, 0.2) is 0 Å². The van der Waals surface area contributed by atoms with Crippen LogP contribution in [0.2, 0.25) is 0 Å². The second-order valence-electron chi connectivity index (χ2n) is 5.53. The third kappa shape index (κ3) is 4.84. The third-order valence-corrected chi connectivity index (χ3v) is 4.07. The molecule has 0 radical (unpaired) electrons. The molecular weight excluding hydrogens is 198 g/mol. The van der Waals surface area contributed by atoms with Crippen molar-refractivity contribution < 1.29 is 4.74 Å². The van der Waals surface area contributed by atoms with Crippen molar-refractivity contribution in [1.29, 1.82) is 0 Å². The lowest BCUT2D eigenvalue weighted by Crippen LogP contribution is -2.39. The number of hydrogen-bond donors (Lipinski definition) is 1. The van der Waals surface area contributed by atoms with Gasteiger partial charge in [-0.05, 0) is 44.9 Å². The molecule has 1 aliphatic rings. The molecule has 1 aliphatic heterocycles. The number of ether oxygens (including phenoxy) is 1. The number of nitrogens with one attached hydrogen (secondary N) is 1. The summed E-state index contributed by atoms with van der Waals surface area (Å²) in [4.78, 5) is 0. The molecule has 1 N–H and O–H groups in total. The maximum Gasteiger partial charge on any atom is 0.0468 e. The largest absolute Gasteiger partial charge is 0.381 e. The van der Waals surface area contributed by atoms with Gasteiger partial charge >= 0.3 is 0 Å². The Balaban J connectivity index is 2.20. The van der Waals surface area contributed by atoms with Crippen LogP contribution < -0.4 is 5.32 Å². The Labute approximate surface area is 101 Å². The average molecular weight is 227 g/mol. The van der Waals surface area contributed by atoms with Crippen molar-refractivity contribution in [2.24, 2.45) is 11.8 Å². The van der Waals surface area contributed by atoms with E-state index in [9.17, 15) is 0 Å². The second-order valence-corrected chi connectivity index (χ2v) is 5.53. The predicted octanol–water partition coefficient (Wildman–Crippen LogP) is 3.22. The van der Waals surface area contributed by atoms with E-state index in [-0.39, 0.29) is 0 Å². The van der Waals surface area contributed by atoms with Crippen molar-refractivity contribution in [3.05, 3.63) is 0 Å². The fraction of sp³-hybridized carbons (Fsp3) is 1.00. The first-order valence-electron chi connectivity index (χ1n) is 6.97. The molecule has 1 rings (SSSR count). The standard InChI is InChI=1S/C14H29NO/c1-5-11(2)13(4)15-12(3)10-14-6-8-16-9-7-14/h11-15H,5-10H2,1-4H3. The highest BCUT2D eigenvalue weighted by Gasteiger charge is 2.19. The molecule has 96 valence electrons. The molecule has 3 unspecified atom stereocenters. The summed E-state index contributed by atoms with van der Waals surface area (Å²) in [5.74, 6) is 1.65. The zero-order valence-corrected chi connectivity index (χ0v) is 11.5. The quantitative estimate of drug-likeness (QED) is 0.752. The van der Waals surface area contributed by atoms with Crippen molar-refractivity contribution in [2.45, 2.75) is 65.5 Å². The van der Waals surface area contributed by atoms with Crippen LogP contribution in [0.25, 0.3) is 0 Å². The second kappa shape index (κ2) is 7.29. The third-order valence-electron chi connectivity index (χ3n) is 4.07. The van der Waals surface area contributed by atoms with Crippen molar-refractivity contribution >= 4 is 0 Å². The first kappa shape index (κ1) is 14.0. The maximum absolute atomic E-state index is 5.40. The van der Waals surface area contributed by atoms with Crippen LogP contribution >= 0.6 is 0 Å². The lowest BCUT2D eigenvalue weighted by molar-refractivity contribution is 0.0605. The summed E-state index contributed by atoms with van der Waals surface area (Å²) in [5.41, 5.74) is 0. The molecule has 0 aliphatic carbocycles. The molecule has 1 fully saturated rings. The van der Waals surface area contributed by atoms with Crippen molar-refractivity contribution in [3.8, 4) is 0 Å². The van der Waals surface area contributed by atoms with Crippen LogP contribution in [0.3, 0.4) is 0 Å². The highest BCUT2D eigenvalue weighted by Crippen LogP contribution is 2.20. The lowest BCUT2D eigenvalue weighted by atomic mass is 9.92. The zero-order valence-electron chi connectivity index (χ0n) is 11.5. The van der Waals surface area contributed by atoms with E-state index < -0.39 is 0 Å². The fourth-order valence-electron chi connectivity index (χ4n) is 2.52. The van der Waals surface area contributed by atoms with Crippen LogP contribution in [-0.4, -0.2) is 25.3 Å². The first-order chi connectivity index (χ1) is 7.63. The SMILES string of the molecule is CCC(C)C(C)NC(C)CC1CCOCC1. The summed E-state index contributed by atoms with van der Waals surface area (Å²) >= 11 is 0. The summed E-state index contributed by atoms with van der Waals surface area (Å²) < 4.78 is 5.40. The van der Waals surface area contributed by atoms with E-state index in [4.69, 9.17) is 4.74 Å². The smallest absolute Gasteiger partial charge is 0.0468 e. The molecule has 2 nitrogen and oxygen atoms in total. The van der Waals surface area contributed by atoms with E-state index >= 15 is 0 Å². The van der Waals surface area contributed by atoms with Gasteiger partial charge in [0.25, 0.3) is 0 Å². The Hall–Kier alpha value is -0.0800. The highest BCUT2D eigenvalue weighted by atomic mass is 16.5. The van der Waals surface area contributed by atoms with Crippen LogP contribution in [-0.2, 0) is 4.74 Å². The van der Waals surface area contributed by atoms with Crippen molar-refractivity contribution in [1.82, 2.24) is 5.32 Å². The molecule has 0 bridgehead atoms. The predicted molar refractivity (Wildman–Crippen MR) is 69.7 cm³/mol. The number of hydrogen-bond acceptors (Lipinski definition) is 2. The molecule has 0 aromatic rings. The van der Waals surface area contributed by atoms with Gasteiger partial charge in [-0.15, -0.1) is 0 Å². The van der Waals surface area contributed by atoms with Crippen LogP contribution in [0.4, 0.5) is 0 Å². The van der Waals surface area contributed by atoms with Crippen LogP contribution in [0.15, 0.2) is 0 Å². The molecule has 0 aromatic carbocycles. The molecule has 1 heterocycles. The Morgan fingerprint density at radius 1 is 1.19 bits per heavy atom. The zero-order chi connectivity index (χ0) is 12.0. The summed E-state index contributed by atoms with van der Waals surface area (Å²) in [6.45, 7) is 11.2. The minimum absolute atomic E-state index is 0.639. The molecule has 0 amide bonds. The van der Waals surface area contributed by atoms with E-state index in [0.29, 0.717) is 12.1 Å². The van der Waals surface area contributed by atoms with Crippen LogP contribution in [0.5, 0.6) is 0 Å². The summed E-state index contributed by atoms with van der Waals surface area (Å²) in [7, 11) is 0. The Morgan fingerprint density at radius 3 is 2.38 bits per heavy atom. The van der Waals surface area contributed by atoms with Gasteiger partial charge in [0, 0.05) is 25.3 Å². The normalized spacial score (nSPS) is 24.0. The molecule has 1 saturated heterocycles. The van der Waals surface area contributed by atoms with Crippen LogP contribution in [0.1, 0.15) is 53.4 Å². The minimum Gasteiger partial charge on any atom is -0.381 e.